The van der Waals surface area contributed by atoms with Crippen molar-refractivity contribution in [2.45, 2.75) is 66.3 Å². The molecule has 0 radical (unpaired) electrons. The number of amidine groups is 1. The molecular formula is C32H42FN9O. The number of aromatic nitrogens is 4. The number of hydrogen-bond donors (Lipinski definition) is 3. The van der Waals surface area contributed by atoms with Crippen molar-refractivity contribution in [3.05, 3.63) is 89.0 Å². The van der Waals surface area contributed by atoms with Crippen LogP contribution in [-0.2, 0) is 0 Å². The lowest BCUT2D eigenvalue weighted by atomic mass is 10.0. The third-order valence-electron chi connectivity index (χ3n) is 6.38. The predicted octanol–water partition coefficient (Wildman–Crippen LogP) is 6.05. The first-order valence-electron chi connectivity index (χ1n) is 14.1. The van der Waals surface area contributed by atoms with E-state index in [2.05, 4.69) is 49.1 Å². The van der Waals surface area contributed by atoms with Crippen molar-refractivity contribution >= 4 is 23.8 Å². The average molecular weight is 588 g/mol. The lowest BCUT2D eigenvalue weighted by Crippen LogP contribution is -2.27. The molecule has 228 valence electrons. The molecule has 0 aliphatic rings. The molecule has 11 heteroatoms. The number of allylic oxidation sites excluding steroid dienone is 3. The second-order valence-corrected chi connectivity index (χ2v) is 9.81. The van der Waals surface area contributed by atoms with Crippen LogP contribution in [0.3, 0.4) is 0 Å². The van der Waals surface area contributed by atoms with Crippen molar-refractivity contribution in [3.8, 4) is 11.4 Å². The van der Waals surface area contributed by atoms with Crippen LogP contribution in [-0.4, -0.2) is 44.9 Å². The number of carbonyl (C=O) groups excluding carboxylic acids is 1. The van der Waals surface area contributed by atoms with Gasteiger partial charge in [-0.2, -0.15) is 0 Å². The Morgan fingerprint density at radius 1 is 1.09 bits per heavy atom. The largest absolute Gasteiger partial charge is 0.402 e. The fourth-order valence-corrected chi connectivity index (χ4v) is 3.58. The molecule has 10 nitrogen and oxygen atoms in total. The van der Waals surface area contributed by atoms with E-state index in [1.54, 1.807) is 37.4 Å². The van der Waals surface area contributed by atoms with Gasteiger partial charge in [0.25, 0.3) is 5.91 Å². The Labute approximate surface area is 253 Å². The molecule has 3 aromatic heterocycles. The summed E-state index contributed by atoms with van der Waals surface area (Å²) in [6, 6.07) is 8.95. The van der Waals surface area contributed by atoms with Gasteiger partial charge in [-0.1, -0.05) is 32.9 Å². The fourth-order valence-electron chi connectivity index (χ4n) is 3.58. The summed E-state index contributed by atoms with van der Waals surface area (Å²) in [6.07, 6.45) is 9.23. The maximum Gasteiger partial charge on any atom is 0.270 e. The maximum absolute atomic E-state index is 12.8. The van der Waals surface area contributed by atoms with E-state index in [0.717, 1.165) is 23.4 Å². The van der Waals surface area contributed by atoms with Crippen molar-refractivity contribution in [1.82, 2.24) is 25.3 Å². The number of nitrogens with two attached hydrogens (primary N) is 2. The van der Waals surface area contributed by atoms with Gasteiger partial charge >= 0.3 is 0 Å². The van der Waals surface area contributed by atoms with Crippen LogP contribution in [0, 0.1) is 6.92 Å². The summed E-state index contributed by atoms with van der Waals surface area (Å²) in [5, 5.41) is 2.97. The van der Waals surface area contributed by atoms with Crippen LogP contribution in [0.1, 0.15) is 86.9 Å². The highest BCUT2D eigenvalue weighted by atomic mass is 19.1. The minimum absolute atomic E-state index is 0.209. The third kappa shape index (κ3) is 11.2. The Balaban J connectivity index is 0.000000821. The Bertz CT molecular complexity index is 1460. The zero-order valence-corrected chi connectivity index (χ0v) is 26.0. The lowest BCUT2D eigenvalue weighted by molar-refractivity contribution is 0.0935. The summed E-state index contributed by atoms with van der Waals surface area (Å²) in [7, 11) is 1.53. The maximum atomic E-state index is 12.8. The highest BCUT2D eigenvalue weighted by Gasteiger charge is 2.15. The first-order valence-corrected chi connectivity index (χ1v) is 14.1. The molecule has 0 bridgehead atoms. The van der Waals surface area contributed by atoms with Crippen molar-refractivity contribution in [2.75, 3.05) is 7.05 Å². The normalized spacial score (nSPS) is 13.7. The number of carbonyl (C=O) groups is 1. The monoisotopic (exact) mass is 587 g/mol. The highest BCUT2D eigenvalue weighted by Crippen LogP contribution is 2.21. The van der Waals surface area contributed by atoms with E-state index in [1.807, 2.05) is 39.1 Å². The molecule has 3 aromatic rings. The van der Waals surface area contributed by atoms with Crippen LogP contribution in [0.4, 0.5) is 10.2 Å². The zero-order valence-electron chi connectivity index (χ0n) is 26.0. The molecule has 2 unspecified atom stereocenters. The van der Waals surface area contributed by atoms with Gasteiger partial charge in [-0.3, -0.25) is 19.8 Å². The van der Waals surface area contributed by atoms with Crippen molar-refractivity contribution in [2.24, 2.45) is 21.5 Å². The van der Waals surface area contributed by atoms with E-state index in [0.29, 0.717) is 40.9 Å². The number of rotatable bonds is 10. The SMILES string of the molecule is C/C=C(/F)C=NC.CC/C(N)=C/C(N)=Nc1cc(C)nc(-c2ccc(C(=O)NC(C)c3ccc(C(C)CC)nc3)nc2)n1. The standard InChI is InChI=1S/C27H34N8O.C5H8FN/c1-6-16(3)22-10-8-19(14-30-22)18(5)33-27(36)23-11-9-20(15-31-23)26-32-17(4)12-25(35-26)34-24(29)13-21(28)7-2;1-3-5(6)4-7-2/h8-16,18H,6-7,28H2,1-5H3,(H,33,36)(H2,29,32,34,35);3-4H,1-2H3/b21-13-;5-3+,7-4?. The first kappa shape index (κ1) is 34.4. The van der Waals surface area contributed by atoms with E-state index in [1.165, 1.54) is 19.3 Å². The second kappa shape index (κ2) is 17.2. The molecule has 43 heavy (non-hydrogen) atoms. The average Bonchev–Trinajstić information content (AvgIpc) is 3.00. The van der Waals surface area contributed by atoms with Crippen LogP contribution in [0.5, 0.6) is 0 Å². The number of pyridine rings is 2. The lowest BCUT2D eigenvalue weighted by Gasteiger charge is -2.15. The molecule has 0 aromatic carbocycles. The van der Waals surface area contributed by atoms with Crippen LogP contribution in [0.15, 0.2) is 76.4 Å². The predicted molar refractivity (Wildman–Crippen MR) is 172 cm³/mol. The number of aliphatic imine (C=N–C) groups is 2. The number of hydrogen-bond acceptors (Lipinski definition) is 8. The molecule has 0 saturated carbocycles. The van der Waals surface area contributed by atoms with Crippen LogP contribution in [0.25, 0.3) is 11.4 Å². The first-order chi connectivity index (χ1) is 20.5. The van der Waals surface area contributed by atoms with Gasteiger partial charge in [-0.15, -0.1) is 0 Å². The van der Waals surface area contributed by atoms with Gasteiger partial charge in [-0.05, 0) is 69.4 Å². The van der Waals surface area contributed by atoms with Crippen LogP contribution < -0.4 is 16.8 Å². The van der Waals surface area contributed by atoms with Gasteiger partial charge in [0.15, 0.2) is 11.6 Å². The zero-order chi connectivity index (χ0) is 31.9. The Morgan fingerprint density at radius 2 is 1.84 bits per heavy atom. The Kier molecular flexibility index (Phi) is 13.8. The van der Waals surface area contributed by atoms with E-state index in [9.17, 15) is 9.18 Å². The molecule has 3 rings (SSSR count). The summed E-state index contributed by atoms with van der Waals surface area (Å²) in [5.41, 5.74) is 16.1. The molecule has 0 aliphatic heterocycles. The van der Waals surface area contributed by atoms with Crippen molar-refractivity contribution < 1.29 is 9.18 Å². The summed E-state index contributed by atoms with van der Waals surface area (Å²) < 4.78 is 11.8. The fraction of sp³-hybridized carbons (Fsp3) is 0.344. The Hall–Kier alpha value is -4.80. The topological polar surface area (TPSA) is 157 Å². The minimum Gasteiger partial charge on any atom is -0.402 e. The number of halogens is 1. The van der Waals surface area contributed by atoms with E-state index < -0.39 is 0 Å². The molecule has 5 N–H and O–H groups in total. The molecule has 3 heterocycles. The molecule has 0 saturated heterocycles. The number of nitrogens with one attached hydrogen (secondary N) is 1. The van der Waals surface area contributed by atoms with E-state index in [-0.39, 0.29) is 23.6 Å². The van der Waals surface area contributed by atoms with Gasteiger partial charge in [0.1, 0.15) is 17.4 Å². The van der Waals surface area contributed by atoms with Crippen LogP contribution >= 0.6 is 0 Å². The number of aryl methyl sites for hydroxylation is 1. The molecular weight excluding hydrogens is 545 g/mol. The molecule has 0 spiro atoms. The summed E-state index contributed by atoms with van der Waals surface area (Å²) in [6.45, 7) is 11.6. The van der Waals surface area contributed by atoms with Gasteiger partial charge in [0.2, 0.25) is 0 Å². The minimum atomic E-state index is -0.289. The van der Waals surface area contributed by atoms with Gasteiger partial charge in [0.05, 0.1) is 12.3 Å². The molecule has 0 aliphatic carbocycles. The smallest absolute Gasteiger partial charge is 0.270 e. The highest BCUT2D eigenvalue weighted by molar-refractivity contribution is 5.94. The summed E-state index contributed by atoms with van der Waals surface area (Å²) in [5.74, 6) is 0.961. The van der Waals surface area contributed by atoms with Crippen molar-refractivity contribution in [3.63, 3.8) is 0 Å². The van der Waals surface area contributed by atoms with Gasteiger partial charge < -0.3 is 16.8 Å². The number of amides is 1. The summed E-state index contributed by atoms with van der Waals surface area (Å²) in [4.78, 5) is 38.3. The van der Waals surface area contributed by atoms with E-state index >= 15 is 0 Å². The molecule has 1 amide bonds. The van der Waals surface area contributed by atoms with Crippen molar-refractivity contribution in [1.29, 1.82) is 0 Å². The third-order valence-corrected chi connectivity index (χ3v) is 6.38. The molecule has 0 fully saturated rings. The Morgan fingerprint density at radius 3 is 2.37 bits per heavy atom. The van der Waals surface area contributed by atoms with Crippen LogP contribution in [0.2, 0.25) is 0 Å². The van der Waals surface area contributed by atoms with Gasteiger partial charge in [0, 0.05) is 48.2 Å². The quantitative estimate of drug-likeness (QED) is 0.192. The van der Waals surface area contributed by atoms with E-state index in [4.69, 9.17) is 11.5 Å². The number of nitrogens with zero attached hydrogens (tertiary/aromatic N) is 6. The molecule has 2 atom stereocenters. The summed E-state index contributed by atoms with van der Waals surface area (Å²) >= 11 is 0. The van der Waals surface area contributed by atoms with Gasteiger partial charge in [-0.25, -0.2) is 19.4 Å². The second-order valence-electron chi connectivity index (χ2n) is 9.81.